The molecule has 8 aromatic carbocycles. The van der Waals surface area contributed by atoms with Gasteiger partial charge in [0.1, 0.15) is 11.2 Å². The van der Waals surface area contributed by atoms with Gasteiger partial charge in [0.05, 0.1) is 5.52 Å². The minimum Gasteiger partial charge on any atom is -0.456 e. The molecular weight excluding hydrogens is 631 g/mol. The third-order valence-electron chi connectivity index (χ3n) is 10.1. The molecule has 0 unspecified atom stereocenters. The Hall–Kier alpha value is -7.05. The van der Waals surface area contributed by atoms with Crippen molar-refractivity contribution in [3.05, 3.63) is 162 Å². The highest BCUT2D eigenvalue weighted by molar-refractivity contribution is 6.26. The number of furan rings is 1. The molecule has 6 heteroatoms. The molecule has 51 heavy (non-hydrogen) atoms. The topological polar surface area (TPSA) is 73.5 Å². The van der Waals surface area contributed by atoms with Crippen LogP contribution in [0, 0.1) is 0 Å². The van der Waals surface area contributed by atoms with E-state index in [1.54, 1.807) is 0 Å². The maximum absolute atomic E-state index is 13.0. The van der Waals surface area contributed by atoms with Gasteiger partial charge in [-0.2, -0.15) is 4.98 Å². The van der Waals surface area contributed by atoms with Crippen molar-refractivity contribution in [3.8, 4) is 33.6 Å². The summed E-state index contributed by atoms with van der Waals surface area (Å²) in [5, 5.41) is 9.21. The molecule has 0 amide bonds. The molecule has 0 aliphatic heterocycles. The minimum atomic E-state index is -0.617. The quantitative estimate of drug-likeness (QED) is 0.177. The van der Waals surface area contributed by atoms with Crippen LogP contribution in [-0.2, 0) is 0 Å². The van der Waals surface area contributed by atoms with Gasteiger partial charge in [-0.3, -0.25) is 0 Å². The van der Waals surface area contributed by atoms with Crippen molar-refractivity contribution in [2.45, 2.75) is 0 Å². The van der Waals surface area contributed by atoms with Gasteiger partial charge in [-0.15, -0.1) is 4.98 Å². The molecule has 0 saturated heterocycles. The molecular formula is C45H25N3O3. The molecule has 0 bridgehead atoms. The average Bonchev–Trinajstić information content (AvgIpc) is 3.75. The maximum Gasteiger partial charge on any atom is 0.373 e. The lowest BCUT2D eigenvalue weighted by atomic mass is 9.92. The number of hydrogen-bond donors (Lipinski definition) is 0. The summed E-state index contributed by atoms with van der Waals surface area (Å²) in [4.78, 5) is 21.6. The van der Waals surface area contributed by atoms with Crippen molar-refractivity contribution in [2.75, 3.05) is 0 Å². The Kier molecular flexibility index (Phi) is 5.72. The molecule has 0 aliphatic carbocycles. The fourth-order valence-electron chi connectivity index (χ4n) is 7.82. The predicted octanol–water partition coefficient (Wildman–Crippen LogP) is 11.2. The van der Waals surface area contributed by atoms with Crippen molar-refractivity contribution in [1.82, 2.24) is 14.4 Å². The van der Waals surface area contributed by atoms with E-state index in [9.17, 15) is 4.79 Å². The fourth-order valence-corrected chi connectivity index (χ4v) is 7.82. The zero-order chi connectivity index (χ0) is 33.6. The first kappa shape index (κ1) is 27.9. The van der Waals surface area contributed by atoms with E-state index in [1.807, 2.05) is 59.0 Å². The number of aromatic nitrogens is 3. The van der Waals surface area contributed by atoms with E-state index in [2.05, 4.69) is 107 Å². The van der Waals surface area contributed by atoms with Gasteiger partial charge in [-0.1, -0.05) is 115 Å². The Bertz CT molecular complexity index is 3250. The number of nitrogens with zero attached hydrogens (tertiary/aromatic N) is 3. The number of hydrogen-bond acceptors (Lipinski definition) is 5. The summed E-state index contributed by atoms with van der Waals surface area (Å²) < 4.78 is 14.4. The summed E-state index contributed by atoms with van der Waals surface area (Å²) in [7, 11) is 0. The van der Waals surface area contributed by atoms with Crippen LogP contribution in [-0.4, -0.2) is 14.4 Å². The molecule has 3 aromatic heterocycles. The molecule has 0 saturated carbocycles. The standard InChI is InChI=1S/C45H25N3O3/c49-44-46-43(48-38-25-29(26-9-2-1-3-10-26)19-22-40(38)51-45(48)47-44)35-15-8-16-41-42(35)37-24-28(18-21-39(37)50-41)27-17-20-34-32-13-5-4-11-30(32)31-12-6-7-14-33(31)36(34)23-27/h1-25H. The van der Waals surface area contributed by atoms with Crippen molar-refractivity contribution in [2.24, 2.45) is 0 Å². The first-order chi connectivity index (χ1) is 25.2. The van der Waals surface area contributed by atoms with Gasteiger partial charge in [-0.25, -0.2) is 9.20 Å². The first-order valence-corrected chi connectivity index (χ1v) is 16.9. The van der Waals surface area contributed by atoms with Crippen LogP contribution in [0.3, 0.4) is 0 Å². The normalized spacial score (nSPS) is 12.0. The Morgan fingerprint density at radius 3 is 1.78 bits per heavy atom. The van der Waals surface area contributed by atoms with Gasteiger partial charge in [0.2, 0.25) is 0 Å². The fraction of sp³-hybridized carbons (Fsp3) is 0. The zero-order valence-electron chi connectivity index (χ0n) is 27.0. The van der Waals surface area contributed by atoms with Crippen LogP contribution in [0.15, 0.2) is 165 Å². The summed E-state index contributed by atoms with van der Waals surface area (Å²) in [6.45, 7) is 0. The predicted molar refractivity (Wildman–Crippen MR) is 205 cm³/mol. The molecule has 6 nitrogen and oxygen atoms in total. The summed E-state index contributed by atoms with van der Waals surface area (Å²) in [6.07, 6.45) is 0. The molecule has 0 aliphatic rings. The van der Waals surface area contributed by atoms with E-state index in [-0.39, 0.29) is 5.84 Å². The van der Waals surface area contributed by atoms with Gasteiger partial charge < -0.3 is 8.83 Å². The van der Waals surface area contributed by atoms with E-state index < -0.39 is 5.69 Å². The molecule has 11 rings (SSSR count). The number of oxazole rings is 1. The molecule has 0 atom stereocenters. The molecule has 238 valence electrons. The zero-order valence-corrected chi connectivity index (χ0v) is 27.0. The second kappa shape index (κ2) is 10.5. The van der Waals surface area contributed by atoms with E-state index in [0.717, 1.165) is 49.7 Å². The third-order valence-corrected chi connectivity index (χ3v) is 10.1. The summed E-state index contributed by atoms with van der Waals surface area (Å²) >= 11 is 0. The van der Waals surface area contributed by atoms with E-state index in [4.69, 9.17) is 8.83 Å². The average molecular weight is 656 g/mol. The number of fused-ring (bicyclic) bond motifs is 12. The van der Waals surface area contributed by atoms with E-state index in [1.165, 1.54) is 32.3 Å². The van der Waals surface area contributed by atoms with E-state index >= 15 is 0 Å². The highest BCUT2D eigenvalue weighted by atomic mass is 16.4. The van der Waals surface area contributed by atoms with Crippen LogP contribution < -0.4 is 5.69 Å². The molecule has 11 aromatic rings. The van der Waals surface area contributed by atoms with Gasteiger partial charge >= 0.3 is 11.5 Å². The Labute approximate surface area is 289 Å². The Morgan fingerprint density at radius 1 is 0.431 bits per heavy atom. The van der Waals surface area contributed by atoms with E-state index in [0.29, 0.717) is 17.0 Å². The Morgan fingerprint density at radius 2 is 1.04 bits per heavy atom. The molecule has 3 heterocycles. The van der Waals surface area contributed by atoms with Crippen LogP contribution in [0.25, 0.3) is 105 Å². The highest BCUT2D eigenvalue weighted by Gasteiger charge is 2.21. The van der Waals surface area contributed by atoms with Gasteiger partial charge in [-0.05, 0) is 91.0 Å². The summed E-state index contributed by atoms with van der Waals surface area (Å²) in [6, 6.07) is 52.3. The van der Waals surface area contributed by atoms with Crippen molar-refractivity contribution < 1.29 is 8.83 Å². The number of rotatable bonds is 3. The maximum atomic E-state index is 13.0. The van der Waals surface area contributed by atoms with Crippen LogP contribution >= 0.6 is 0 Å². The van der Waals surface area contributed by atoms with Crippen molar-refractivity contribution in [1.29, 1.82) is 0 Å². The monoisotopic (exact) mass is 655 g/mol. The lowest BCUT2D eigenvalue weighted by Gasteiger charge is -2.12. The lowest BCUT2D eigenvalue weighted by Crippen LogP contribution is -2.14. The summed E-state index contributed by atoms with van der Waals surface area (Å²) in [5.74, 6) is 0.628. The molecule has 0 radical (unpaired) electrons. The minimum absolute atomic E-state index is 0.187. The van der Waals surface area contributed by atoms with Gasteiger partial charge in [0.15, 0.2) is 11.4 Å². The second-order valence-corrected chi connectivity index (χ2v) is 12.9. The van der Waals surface area contributed by atoms with Crippen molar-refractivity contribution >= 4 is 71.2 Å². The van der Waals surface area contributed by atoms with Crippen molar-refractivity contribution in [3.63, 3.8) is 0 Å². The third kappa shape index (κ3) is 4.14. The van der Waals surface area contributed by atoms with Crippen LogP contribution in [0.1, 0.15) is 0 Å². The first-order valence-electron chi connectivity index (χ1n) is 16.9. The largest absolute Gasteiger partial charge is 0.456 e. The number of benzene rings is 8. The highest BCUT2D eigenvalue weighted by Crippen LogP contribution is 2.41. The van der Waals surface area contributed by atoms with Crippen LogP contribution in [0.4, 0.5) is 0 Å². The van der Waals surface area contributed by atoms with Crippen LogP contribution in [0.5, 0.6) is 0 Å². The molecule has 0 spiro atoms. The molecule has 0 fully saturated rings. The SMILES string of the molecule is O=c1nc(-c2cccc3oc4ccc(-c5ccc6c7ccccc7c7ccccc7c6c5)cc4c23)n2c(n1)oc1ccc(-c3ccccc3)cc12. The molecule has 0 N–H and O–H groups in total. The smallest absolute Gasteiger partial charge is 0.373 e. The van der Waals surface area contributed by atoms with Gasteiger partial charge in [0.25, 0.3) is 0 Å². The van der Waals surface area contributed by atoms with Crippen LogP contribution in [0.2, 0.25) is 0 Å². The Balaban J connectivity index is 1.15. The summed E-state index contributed by atoms with van der Waals surface area (Å²) in [5.41, 5.74) is 7.22. The second-order valence-electron chi connectivity index (χ2n) is 12.9. The van der Waals surface area contributed by atoms with Gasteiger partial charge in [0, 0.05) is 16.3 Å². The lowest BCUT2D eigenvalue weighted by molar-refractivity contribution is 0.630.